The van der Waals surface area contributed by atoms with Crippen LogP contribution in [-0.4, -0.2) is 38.6 Å². The first-order chi connectivity index (χ1) is 18.0. The van der Waals surface area contributed by atoms with Crippen molar-refractivity contribution < 1.29 is 18.9 Å². The summed E-state index contributed by atoms with van der Waals surface area (Å²) in [6.07, 6.45) is 1.70. The predicted octanol–water partition coefficient (Wildman–Crippen LogP) is 9.17. The van der Waals surface area contributed by atoms with Gasteiger partial charge in [-0.2, -0.15) is 0 Å². The second-order valence-electron chi connectivity index (χ2n) is 12.9. The molecule has 0 aromatic heterocycles. The van der Waals surface area contributed by atoms with Crippen LogP contribution < -0.4 is 0 Å². The molecule has 4 heteroatoms. The van der Waals surface area contributed by atoms with Crippen LogP contribution >= 0.6 is 0 Å². The largest absolute Gasteiger partial charge is 0.379 e. The fourth-order valence-electron chi connectivity index (χ4n) is 4.22. The maximum atomic E-state index is 6.26. The van der Waals surface area contributed by atoms with Crippen LogP contribution in [0.3, 0.4) is 0 Å². The van der Waals surface area contributed by atoms with Crippen LogP contribution in [0.1, 0.15) is 118 Å². The summed E-state index contributed by atoms with van der Waals surface area (Å²) in [6.45, 7) is 26.7. The Kier molecular flexibility index (Phi) is 12.9. The maximum Gasteiger partial charge on any atom is 0.0875 e. The van der Waals surface area contributed by atoms with Gasteiger partial charge >= 0.3 is 0 Å². The normalized spacial score (nSPS) is 13.2. The number of ether oxygens (including phenoxy) is 4. The molecule has 0 heterocycles. The predicted molar refractivity (Wildman–Crippen MR) is 166 cm³/mol. The van der Waals surface area contributed by atoms with Gasteiger partial charge in [-0.3, -0.25) is 0 Å². The molecule has 0 amide bonds. The standard InChI is InChI=1S/C33H52O4.C2H6/c1-29(2,34-11)21-23-36-32(7,8)27-17-13-25(14-18-27)31(5,6)26-15-19-28(20-16-26)33(9,10)37-24-22-30(3,4)35-12;1-2/h13-20H,21-24H2,1-12H3;1-2H3. The van der Waals surface area contributed by atoms with E-state index >= 15 is 0 Å². The number of hydrogen-bond donors (Lipinski definition) is 0. The van der Waals surface area contributed by atoms with E-state index in [2.05, 4.69) is 118 Å². The third-order valence-corrected chi connectivity index (χ3v) is 8.04. The minimum atomic E-state index is -0.363. The van der Waals surface area contributed by atoms with E-state index in [1.807, 2.05) is 13.8 Å². The molecule has 0 aliphatic rings. The lowest BCUT2D eigenvalue weighted by molar-refractivity contribution is -0.0614. The Labute approximate surface area is 240 Å². The lowest BCUT2D eigenvalue weighted by Gasteiger charge is -2.32. The van der Waals surface area contributed by atoms with Crippen molar-refractivity contribution in [1.29, 1.82) is 0 Å². The zero-order valence-electron chi connectivity index (χ0n) is 27.6. The molecule has 0 unspecified atom stereocenters. The highest BCUT2D eigenvalue weighted by Crippen LogP contribution is 2.35. The minimum absolute atomic E-state index is 0.127. The Morgan fingerprint density at radius 2 is 0.718 bits per heavy atom. The number of rotatable bonds is 14. The van der Waals surface area contributed by atoms with Gasteiger partial charge in [0.05, 0.1) is 35.6 Å². The average molecular weight is 543 g/mol. The summed E-state index contributed by atoms with van der Waals surface area (Å²) in [5, 5.41) is 0. The van der Waals surface area contributed by atoms with Crippen molar-refractivity contribution in [2.75, 3.05) is 27.4 Å². The second kappa shape index (κ2) is 14.3. The molecular formula is C35H58O4. The van der Waals surface area contributed by atoms with Crippen LogP contribution in [0, 0.1) is 0 Å². The van der Waals surface area contributed by atoms with Crippen molar-refractivity contribution in [1.82, 2.24) is 0 Å². The highest BCUT2D eigenvalue weighted by molar-refractivity contribution is 5.41. The van der Waals surface area contributed by atoms with Crippen molar-refractivity contribution in [2.45, 2.75) is 124 Å². The van der Waals surface area contributed by atoms with Gasteiger partial charge in [0.25, 0.3) is 0 Å². The SMILES string of the molecule is CC.COC(C)(C)CCOC(C)(C)c1ccc(C(C)(C)c2ccc(C(C)(C)OCCC(C)(C)OC)cc2)cc1. The zero-order chi connectivity index (χ0) is 30.1. The van der Waals surface area contributed by atoms with Gasteiger partial charge in [-0.05, 0) is 90.5 Å². The van der Waals surface area contributed by atoms with Crippen molar-refractivity contribution in [3.63, 3.8) is 0 Å². The molecule has 0 atom stereocenters. The third kappa shape index (κ3) is 10.3. The molecule has 0 aliphatic carbocycles. The van der Waals surface area contributed by atoms with E-state index in [0.29, 0.717) is 13.2 Å². The van der Waals surface area contributed by atoms with Gasteiger partial charge in [-0.25, -0.2) is 0 Å². The number of hydrogen-bond acceptors (Lipinski definition) is 4. The van der Waals surface area contributed by atoms with E-state index in [9.17, 15) is 0 Å². The van der Waals surface area contributed by atoms with Crippen LogP contribution in [0.25, 0.3) is 0 Å². The molecular weight excluding hydrogens is 484 g/mol. The van der Waals surface area contributed by atoms with E-state index in [4.69, 9.17) is 18.9 Å². The Bertz CT molecular complexity index is 887. The molecule has 39 heavy (non-hydrogen) atoms. The number of benzene rings is 2. The fourth-order valence-corrected chi connectivity index (χ4v) is 4.22. The maximum absolute atomic E-state index is 6.26. The summed E-state index contributed by atoms with van der Waals surface area (Å²) in [4.78, 5) is 0. The van der Waals surface area contributed by atoms with Crippen LogP contribution in [0.15, 0.2) is 48.5 Å². The molecule has 0 aliphatic heterocycles. The van der Waals surface area contributed by atoms with Crippen molar-refractivity contribution in [3.8, 4) is 0 Å². The van der Waals surface area contributed by atoms with E-state index in [1.54, 1.807) is 14.2 Å². The molecule has 0 fully saturated rings. The first-order valence-electron chi connectivity index (χ1n) is 14.6. The molecule has 2 aromatic carbocycles. The van der Waals surface area contributed by atoms with Crippen LogP contribution in [0.2, 0.25) is 0 Å². The van der Waals surface area contributed by atoms with Crippen LogP contribution in [0.4, 0.5) is 0 Å². The van der Waals surface area contributed by atoms with E-state index in [-0.39, 0.29) is 27.8 Å². The Hall–Kier alpha value is -1.72. The van der Waals surface area contributed by atoms with Crippen molar-refractivity contribution >= 4 is 0 Å². The highest BCUT2D eigenvalue weighted by Gasteiger charge is 2.28. The molecule has 0 radical (unpaired) electrons. The van der Waals surface area contributed by atoms with Gasteiger partial charge in [0, 0.05) is 19.6 Å². The lowest BCUT2D eigenvalue weighted by Crippen LogP contribution is -2.29. The van der Waals surface area contributed by atoms with Crippen molar-refractivity contribution in [2.24, 2.45) is 0 Å². The topological polar surface area (TPSA) is 36.9 Å². The smallest absolute Gasteiger partial charge is 0.0875 e. The molecule has 0 N–H and O–H groups in total. The fraction of sp³-hybridized carbons (Fsp3) is 0.657. The van der Waals surface area contributed by atoms with Gasteiger partial charge in [-0.15, -0.1) is 0 Å². The molecule has 0 saturated heterocycles. The van der Waals surface area contributed by atoms with Crippen molar-refractivity contribution in [3.05, 3.63) is 70.8 Å². The minimum Gasteiger partial charge on any atom is -0.379 e. The van der Waals surface area contributed by atoms with Crippen LogP contribution in [-0.2, 0) is 35.6 Å². The quantitative estimate of drug-likeness (QED) is 0.238. The molecule has 0 saturated carbocycles. The summed E-state index contributed by atoms with van der Waals surface area (Å²) < 4.78 is 23.6. The summed E-state index contributed by atoms with van der Waals surface area (Å²) in [6, 6.07) is 17.7. The highest BCUT2D eigenvalue weighted by atomic mass is 16.5. The second-order valence-corrected chi connectivity index (χ2v) is 12.9. The first kappa shape index (κ1) is 35.3. The Balaban J connectivity index is 0.00000371. The van der Waals surface area contributed by atoms with Gasteiger partial charge in [0.15, 0.2) is 0 Å². The monoisotopic (exact) mass is 542 g/mol. The zero-order valence-corrected chi connectivity index (χ0v) is 27.6. The van der Waals surface area contributed by atoms with Gasteiger partial charge in [0.1, 0.15) is 0 Å². The first-order valence-corrected chi connectivity index (χ1v) is 14.6. The van der Waals surface area contributed by atoms with Gasteiger partial charge in [0.2, 0.25) is 0 Å². The van der Waals surface area contributed by atoms with E-state index in [0.717, 1.165) is 12.8 Å². The summed E-state index contributed by atoms with van der Waals surface area (Å²) >= 11 is 0. The molecule has 4 nitrogen and oxygen atoms in total. The molecule has 222 valence electrons. The third-order valence-electron chi connectivity index (χ3n) is 8.04. The Morgan fingerprint density at radius 3 is 0.974 bits per heavy atom. The average Bonchev–Trinajstić information content (AvgIpc) is 2.89. The molecule has 2 aromatic rings. The summed E-state index contributed by atoms with van der Waals surface area (Å²) in [5.41, 5.74) is 3.69. The summed E-state index contributed by atoms with van der Waals surface area (Å²) in [5.74, 6) is 0. The molecule has 2 rings (SSSR count). The molecule has 0 spiro atoms. The Morgan fingerprint density at radius 1 is 0.462 bits per heavy atom. The van der Waals surface area contributed by atoms with Gasteiger partial charge < -0.3 is 18.9 Å². The van der Waals surface area contributed by atoms with Gasteiger partial charge in [-0.1, -0.05) is 76.2 Å². The molecule has 0 bridgehead atoms. The van der Waals surface area contributed by atoms with Crippen LogP contribution in [0.5, 0.6) is 0 Å². The summed E-state index contributed by atoms with van der Waals surface area (Å²) in [7, 11) is 3.50. The number of methoxy groups -OCH3 is 2. The van der Waals surface area contributed by atoms with E-state index in [1.165, 1.54) is 22.3 Å². The van der Waals surface area contributed by atoms with E-state index < -0.39 is 0 Å². The lowest BCUT2D eigenvalue weighted by atomic mass is 9.77.